The Hall–Kier alpha value is -0.610. The molecule has 0 amide bonds. The van der Waals surface area contributed by atoms with Crippen LogP contribution in [0.1, 0.15) is 57.5 Å². The molecule has 1 N–H and O–H groups in total. The first-order valence-corrected chi connectivity index (χ1v) is 8.92. The second-order valence-corrected chi connectivity index (χ2v) is 7.21. The molecule has 1 heterocycles. The van der Waals surface area contributed by atoms with Crippen LogP contribution in [0.15, 0.2) is 0 Å². The zero-order valence-corrected chi connectivity index (χ0v) is 14.2. The lowest BCUT2D eigenvalue weighted by molar-refractivity contribution is 0.590. The summed E-state index contributed by atoms with van der Waals surface area (Å²) in [7, 11) is 0. The predicted molar refractivity (Wildman–Crippen MR) is 88.7 cm³/mol. The van der Waals surface area contributed by atoms with E-state index in [1.54, 1.807) is 0 Å². The van der Waals surface area contributed by atoms with Crippen molar-refractivity contribution >= 4 is 16.5 Å². The molecular weight excluding hydrogens is 266 g/mol. The fraction of sp³-hybridized carbons (Fsp3) is 0.812. The highest BCUT2D eigenvalue weighted by Gasteiger charge is 2.26. The monoisotopic (exact) mass is 295 g/mol. The number of thiazole rings is 1. The van der Waals surface area contributed by atoms with Gasteiger partial charge in [0.25, 0.3) is 0 Å². The summed E-state index contributed by atoms with van der Waals surface area (Å²) in [6.07, 6.45) is 5.06. The Labute approximate surface area is 127 Å². The molecule has 0 aliphatic heterocycles. The normalized spacial score (nSPS) is 15.1. The number of anilines is 1. The van der Waals surface area contributed by atoms with Gasteiger partial charge in [-0.1, -0.05) is 27.7 Å². The minimum absolute atomic E-state index is 0.531. The van der Waals surface area contributed by atoms with Gasteiger partial charge in [-0.25, -0.2) is 4.98 Å². The molecule has 3 nitrogen and oxygen atoms in total. The van der Waals surface area contributed by atoms with Crippen LogP contribution in [-0.4, -0.2) is 24.1 Å². The molecule has 1 fully saturated rings. The molecule has 1 aliphatic rings. The van der Waals surface area contributed by atoms with Crippen molar-refractivity contribution in [1.29, 1.82) is 0 Å². The molecule has 0 spiro atoms. The Morgan fingerprint density at radius 2 is 2.10 bits per heavy atom. The zero-order valence-electron chi connectivity index (χ0n) is 13.4. The lowest BCUT2D eigenvalue weighted by Crippen LogP contribution is -2.26. The van der Waals surface area contributed by atoms with E-state index in [0.29, 0.717) is 6.04 Å². The molecule has 114 valence electrons. The Morgan fingerprint density at radius 1 is 1.35 bits per heavy atom. The van der Waals surface area contributed by atoms with Crippen LogP contribution < -0.4 is 10.2 Å². The standard InChI is InChI=1S/C16H29N3S/c1-5-9-19(11-13-7-8-13)16-18-14(6-2)15(20-16)10-17-12(3)4/h12-13,17H,5-11H2,1-4H3. The average molecular weight is 295 g/mol. The van der Waals surface area contributed by atoms with Crippen LogP contribution in [-0.2, 0) is 13.0 Å². The quantitative estimate of drug-likeness (QED) is 0.750. The largest absolute Gasteiger partial charge is 0.348 e. The molecule has 0 atom stereocenters. The molecule has 20 heavy (non-hydrogen) atoms. The van der Waals surface area contributed by atoms with E-state index >= 15 is 0 Å². The number of nitrogens with zero attached hydrogens (tertiary/aromatic N) is 2. The average Bonchev–Trinajstić information content (AvgIpc) is 3.13. The third-order valence-corrected chi connectivity index (χ3v) is 4.87. The van der Waals surface area contributed by atoms with E-state index in [1.165, 1.54) is 41.5 Å². The van der Waals surface area contributed by atoms with Crippen molar-refractivity contribution in [3.8, 4) is 0 Å². The summed E-state index contributed by atoms with van der Waals surface area (Å²) in [6.45, 7) is 12.2. The molecule has 0 saturated heterocycles. The summed E-state index contributed by atoms with van der Waals surface area (Å²) in [5.41, 5.74) is 1.29. The lowest BCUT2D eigenvalue weighted by Gasteiger charge is -2.20. The summed E-state index contributed by atoms with van der Waals surface area (Å²) in [5.74, 6) is 0.924. The predicted octanol–water partition coefficient (Wildman–Crippen LogP) is 3.83. The Bertz CT molecular complexity index is 410. The van der Waals surface area contributed by atoms with Crippen molar-refractivity contribution in [2.75, 3.05) is 18.0 Å². The molecular formula is C16H29N3S. The fourth-order valence-electron chi connectivity index (χ4n) is 2.36. The highest BCUT2D eigenvalue weighted by Crippen LogP contribution is 2.34. The maximum atomic E-state index is 4.91. The highest BCUT2D eigenvalue weighted by molar-refractivity contribution is 7.15. The maximum absolute atomic E-state index is 4.91. The van der Waals surface area contributed by atoms with Crippen molar-refractivity contribution in [3.63, 3.8) is 0 Å². The molecule has 0 radical (unpaired) electrons. The van der Waals surface area contributed by atoms with Gasteiger partial charge in [0, 0.05) is 30.6 Å². The van der Waals surface area contributed by atoms with E-state index in [-0.39, 0.29) is 0 Å². The van der Waals surface area contributed by atoms with Gasteiger partial charge >= 0.3 is 0 Å². The van der Waals surface area contributed by atoms with E-state index in [0.717, 1.165) is 25.4 Å². The molecule has 2 rings (SSSR count). The van der Waals surface area contributed by atoms with Crippen molar-refractivity contribution in [2.45, 2.75) is 66.0 Å². The number of hydrogen-bond acceptors (Lipinski definition) is 4. The van der Waals surface area contributed by atoms with Gasteiger partial charge in [-0.3, -0.25) is 0 Å². The number of nitrogens with one attached hydrogen (secondary N) is 1. The molecule has 1 saturated carbocycles. The van der Waals surface area contributed by atoms with E-state index in [4.69, 9.17) is 4.98 Å². The van der Waals surface area contributed by atoms with Crippen LogP contribution in [0.2, 0.25) is 0 Å². The Morgan fingerprint density at radius 3 is 2.65 bits per heavy atom. The third kappa shape index (κ3) is 4.45. The smallest absolute Gasteiger partial charge is 0.185 e. The number of aryl methyl sites for hydroxylation is 1. The number of rotatable bonds is 9. The van der Waals surface area contributed by atoms with Crippen molar-refractivity contribution < 1.29 is 0 Å². The lowest BCUT2D eigenvalue weighted by atomic mass is 10.3. The van der Waals surface area contributed by atoms with Gasteiger partial charge in [0.15, 0.2) is 5.13 Å². The van der Waals surface area contributed by atoms with Gasteiger partial charge in [0.1, 0.15) is 0 Å². The molecule has 1 aliphatic carbocycles. The summed E-state index contributed by atoms with van der Waals surface area (Å²) in [6, 6.07) is 0.531. The van der Waals surface area contributed by atoms with Gasteiger partial charge in [-0.05, 0) is 31.6 Å². The van der Waals surface area contributed by atoms with Crippen LogP contribution in [0.3, 0.4) is 0 Å². The Balaban J connectivity index is 2.08. The van der Waals surface area contributed by atoms with Gasteiger partial charge in [0.05, 0.1) is 5.69 Å². The summed E-state index contributed by atoms with van der Waals surface area (Å²) in [5, 5.41) is 4.77. The number of aromatic nitrogens is 1. The maximum Gasteiger partial charge on any atom is 0.185 e. The fourth-order valence-corrected chi connectivity index (χ4v) is 3.50. The first kappa shape index (κ1) is 15.8. The molecule has 1 aromatic rings. The van der Waals surface area contributed by atoms with Crippen LogP contribution in [0.5, 0.6) is 0 Å². The van der Waals surface area contributed by atoms with E-state index in [2.05, 4.69) is 37.9 Å². The highest BCUT2D eigenvalue weighted by atomic mass is 32.1. The van der Waals surface area contributed by atoms with Crippen LogP contribution in [0.25, 0.3) is 0 Å². The van der Waals surface area contributed by atoms with Crippen LogP contribution >= 0.6 is 11.3 Å². The third-order valence-electron chi connectivity index (χ3n) is 3.71. The summed E-state index contributed by atoms with van der Waals surface area (Å²) < 4.78 is 0. The number of hydrogen-bond donors (Lipinski definition) is 1. The first-order valence-electron chi connectivity index (χ1n) is 8.10. The van der Waals surface area contributed by atoms with Gasteiger partial charge < -0.3 is 10.2 Å². The molecule has 1 aromatic heterocycles. The topological polar surface area (TPSA) is 28.2 Å². The first-order chi connectivity index (χ1) is 9.63. The molecule has 0 unspecified atom stereocenters. The second kappa shape index (κ2) is 7.41. The van der Waals surface area contributed by atoms with E-state index in [1.807, 2.05) is 11.3 Å². The SMILES string of the molecule is CCCN(CC1CC1)c1nc(CC)c(CNC(C)C)s1. The van der Waals surface area contributed by atoms with E-state index in [9.17, 15) is 0 Å². The van der Waals surface area contributed by atoms with Gasteiger partial charge in [-0.15, -0.1) is 11.3 Å². The van der Waals surface area contributed by atoms with Crippen LogP contribution in [0.4, 0.5) is 5.13 Å². The van der Waals surface area contributed by atoms with Crippen molar-refractivity contribution in [2.24, 2.45) is 5.92 Å². The van der Waals surface area contributed by atoms with Gasteiger partial charge in [0.2, 0.25) is 0 Å². The Kier molecular flexibility index (Phi) is 5.85. The molecule has 0 bridgehead atoms. The summed E-state index contributed by atoms with van der Waals surface area (Å²) >= 11 is 1.90. The zero-order chi connectivity index (χ0) is 14.5. The molecule has 4 heteroatoms. The van der Waals surface area contributed by atoms with E-state index < -0.39 is 0 Å². The van der Waals surface area contributed by atoms with Crippen molar-refractivity contribution in [1.82, 2.24) is 10.3 Å². The van der Waals surface area contributed by atoms with Crippen molar-refractivity contribution in [3.05, 3.63) is 10.6 Å². The second-order valence-electron chi connectivity index (χ2n) is 6.14. The minimum Gasteiger partial charge on any atom is -0.348 e. The van der Waals surface area contributed by atoms with Crippen LogP contribution in [0, 0.1) is 5.92 Å². The molecule has 0 aromatic carbocycles. The minimum atomic E-state index is 0.531. The van der Waals surface area contributed by atoms with Gasteiger partial charge in [-0.2, -0.15) is 0 Å². The summed E-state index contributed by atoms with van der Waals surface area (Å²) in [4.78, 5) is 8.85.